The summed E-state index contributed by atoms with van der Waals surface area (Å²) in [7, 11) is 0. The molecule has 0 saturated carbocycles. The second-order valence-corrected chi connectivity index (χ2v) is 6.96. The highest BCUT2D eigenvalue weighted by atomic mass is 79.9. The lowest BCUT2D eigenvalue weighted by Crippen LogP contribution is -2.18. The third kappa shape index (κ3) is 4.22. The predicted molar refractivity (Wildman–Crippen MR) is 92.4 cm³/mol. The topological polar surface area (TPSA) is 65.9 Å². The monoisotopic (exact) mass is 448 g/mol. The van der Waals surface area contributed by atoms with Gasteiger partial charge in [0, 0.05) is 5.02 Å². The van der Waals surface area contributed by atoms with E-state index in [1.54, 1.807) is 19.9 Å². The van der Waals surface area contributed by atoms with Gasteiger partial charge in [0.1, 0.15) is 11.8 Å². The molecule has 1 unspecified atom stereocenters. The van der Waals surface area contributed by atoms with E-state index in [4.69, 9.17) is 16.3 Å². The van der Waals surface area contributed by atoms with E-state index < -0.39 is 34.3 Å². The predicted octanol–water partition coefficient (Wildman–Crippen LogP) is 5.61. The molecular weight excluding hydrogens is 437 g/mol. The minimum Gasteiger partial charge on any atom is -0.451 e. The van der Waals surface area contributed by atoms with E-state index in [9.17, 15) is 23.2 Å². The van der Waals surface area contributed by atoms with Crippen molar-refractivity contribution in [1.82, 2.24) is 4.98 Å². The fraction of sp³-hybridized carbons (Fsp3) is 0.294. The first kappa shape index (κ1) is 20.3. The molecule has 0 amide bonds. The molecule has 1 N–H and O–H groups in total. The van der Waals surface area contributed by atoms with Gasteiger partial charge in [-0.15, -0.1) is 0 Å². The molecule has 1 aromatic carbocycles. The van der Waals surface area contributed by atoms with Crippen molar-refractivity contribution in [2.24, 2.45) is 5.92 Å². The van der Waals surface area contributed by atoms with Crippen LogP contribution in [0.2, 0.25) is 5.02 Å². The number of aromatic amines is 1. The van der Waals surface area contributed by atoms with E-state index in [1.165, 1.54) is 24.3 Å². The zero-order chi connectivity index (χ0) is 19.6. The van der Waals surface area contributed by atoms with Crippen LogP contribution >= 0.6 is 27.5 Å². The van der Waals surface area contributed by atoms with E-state index >= 15 is 0 Å². The number of esters is 1. The maximum atomic E-state index is 13.2. The summed E-state index contributed by atoms with van der Waals surface area (Å²) in [6.07, 6.45) is -5.93. The Bertz CT molecular complexity index is 855. The van der Waals surface area contributed by atoms with Crippen LogP contribution in [0.1, 0.15) is 42.5 Å². The van der Waals surface area contributed by atoms with Gasteiger partial charge in [-0.1, -0.05) is 37.6 Å². The molecule has 1 atom stereocenters. The number of carbonyl (C=O) groups is 1. The molecule has 9 heteroatoms. The maximum absolute atomic E-state index is 13.2. The SMILES string of the molecule is CC(C)C(=O)OC(c1ccc(Cl)cc1)c1[nH]c(C(F)(F)F)c(Br)c1C#N. The summed E-state index contributed by atoms with van der Waals surface area (Å²) < 4.78 is 44.5. The summed E-state index contributed by atoms with van der Waals surface area (Å²) in [4.78, 5) is 14.3. The molecule has 0 fully saturated rings. The molecule has 0 saturated heterocycles. The number of carbonyl (C=O) groups excluding carboxylic acids is 1. The van der Waals surface area contributed by atoms with Crippen LogP contribution < -0.4 is 0 Å². The largest absolute Gasteiger partial charge is 0.451 e. The average Bonchev–Trinajstić information content (AvgIpc) is 2.89. The standard InChI is InChI=1S/C17H13BrClF3N2O2/c1-8(2)16(25)26-14(9-3-5-10(19)6-4-9)13-11(7-23)12(18)15(24-13)17(20,21)22/h3-6,8,14,24H,1-2H3. The van der Waals surface area contributed by atoms with Crippen LogP contribution in [0.3, 0.4) is 0 Å². The number of nitrogens with one attached hydrogen (secondary N) is 1. The van der Waals surface area contributed by atoms with Gasteiger partial charge in [0.05, 0.1) is 21.6 Å². The fourth-order valence-electron chi connectivity index (χ4n) is 2.18. The van der Waals surface area contributed by atoms with E-state index in [0.717, 1.165) is 0 Å². The highest BCUT2D eigenvalue weighted by Gasteiger charge is 2.39. The lowest BCUT2D eigenvalue weighted by Gasteiger charge is -2.19. The summed E-state index contributed by atoms with van der Waals surface area (Å²) in [5.41, 5.74) is -1.19. The Morgan fingerprint density at radius 3 is 2.35 bits per heavy atom. The number of H-pyrrole nitrogens is 1. The van der Waals surface area contributed by atoms with Crippen LogP contribution in [-0.4, -0.2) is 11.0 Å². The van der Waals surface area contributed by atoms with Crippen LogP contribution in [0.4, 0.5) is 13.2 Å². The van der Waals surface area contributed by atoms with Crippen LogP contribution in [0.5, 0.6) is 0 Å². The number of rotatable bonds is 4. The summed E-state index contributed by atoms with van der Waals surface area (Å²) in [5, 5.41) is 9.74. The van der Waals surface area contributed by atoms with Gasteiger partial charge in [-0.3, -0.25) is 4.79 Å². The van der Waals surface area contributed by atoms with Gasteiger partial charge in [-0.25, -0.2) is 0 Å². The smallest absolute Gasteiger partial charge is 0.432 e. The van der Waals surface area contributed by atoms with Crippen molar-refractivity contribution in [2.75, 3.05) is 0 Å². The van der Waals surface area contributed by atoms with Gasteiger partial charge in [0.25, 0.3) is 0 Å². The number of hydrogen-bond donors (Lipinski definition) is 1. The van der Waals surface area contributed by atoms with Crippen LogP contribution in [0.15, 0.2) is 28.7 Å². The van der Waals surface area contributed by atoms with Crippen molar-refractivity contribution in [3.05, 3.63) is 56.3 Å². The molecule has 4 nitrogen and oxygen atoms in total. The van der Waals surface area contributed by atoms with Crippen molar-refractivity contribution in [1.29, 1.82) is 5.26 Å². The van der Waals surface area contributed by atoms with Crippen molar-refractivity contribution in [2.45, 2.75) is 26.1 Å². The molecule has 1 heterocycles. The van der Waals surface area contributed by atoms with Crippen molar-refractivity contribution >= 4 is 33.5 Å². The average molecular weight is 450 g/mol. The van der Waals surface area contributed by atoms with Crippen molar-refractivity contribution < 1.29 is 22.7 Å². The molecule has 0 bridgehead atoms. The van der Waals surface area contributed by atoms with Gasteiger partial charge in [0.2, 0.25) is 0 Å². The summed E-state index contributed by atoms with van der Waals surface area (Å²) in [6.45, 7) is 3.19. The second kappa shape index (κ2) is 7.72. The first-order valence-electron chi connectivity index (χ1n) is 7.40. The third-order valence-electron chi connectivity index (χ3n) is 3.50. The lowest BCUT2D eigenvalue weighted by atomic mass is 10.0. The minimum atomic E-state index is -4.71. The molecule has 26 heavy (non-hydrogen) atoms. The molecule has 0 radical (unpaired) electrons. The van der Waals surface area contributed by atoms with Crippen molar-refractivity contribution in [3.63, 3.8) is 0 Å². The highest BCUT2D eigenvalue weighted by molar-refractivity contribution is 9.10. The van der Waals surface area contributed by atoms with Gasteiger partial charge < -0.3 is 9.72 Å². The van der Waals surface area contributed by atoms with E-state index in [2.05, 4.69) is 20.9 Å². The Morgan fingerprint density at radius 2 is 1.88 bits per heavy atom. The highest BCUT2D eigenvalue weighted by Crippen LogP contribution is 2.41. The molecule has 1 aromatic heterocycles. The van der Waals surface area contributed by atoms with E-state index in [-0.39, 0.29) is 11.3 Å². The Hall–Kier alpha value is -1.98. The van der Waals surface area contributed by atoms with Crippen molar-refractivity contribution in [3.8, 4) is 6.07 Å². The van der Waals surface area contributed by atoms with Crippen LogP contribution in [0, 0.1) is 17.2 Å². The first-order chi connectivity index (χ1) is 12.1. The van der Waals surface area contributed by atoms with Gasteiger partial charge in [-0.05, 0) is 33.6 Å². The molecule has 138 valence electrons. The van der Waals surface area contributed by atoms with Gasteiger partial charge in [0.15, 0.2) is 6.10 Å². The number of nitriles is 1. The quantitative estimate of drug-likeness (QED) is 0.617. The van der Waals surface area contributed by atoms with Crippen LogP contribution in [-0.2, 0) is 15.7 Å². The third-order valence-corrected chi connectivity index (χ3v) is 4.55. The molecule has 0 aliphatic heterocycles. The minimum absolute atomic E-state index is 0.164. The summed E-state index contributed by atoms with van der Waals surface area (Å²) in [6, 6.07) is 7.79. The number of benzene rings is 1. The number of hydrogen-bond acceptors (Lipinski definition) is 3. The zero-order valence-electron chi connectivity index (χ0n) is 13.6. The van der Waals surface area contributed by atoms with Crippen LogP contribution in [0.25, 0.3) is 0 Å². The number of nitrogens with zero attached hydrogens (tertiary/aromatic N) is 1. The maximum Gasteiger partial charge on any atom is 0.432 e. The molecule has 0 spiro atoms. The molecular formula is C17H13BrClF3N2O2. The molecule has 0 aliphatic carbocycles. The van der Waals surface area contributed by atoms with E-state index in [0.29, 0.717) is 10.6 Å². The van der Waals surface area contributed by atoms with Gasteiger partial charge in [-0.2, -0.15) is 18.4 Å². The Morgan fingerprint density at radius 1 is 1.31 bits per heavy atom. The zero-order valence-corrected chi connectivity index (χ0v) is 16.0. The fourth-order valence-corrected chi connectivity index (χ4v) is 2.93. The normalized spacial score (nSPS) is 12.7. The molecule has 2 aromatic rings. The number of alkyl halides is 3. The number of aromatic nitrogens is 1. The summed E-state index contributed by atoms with van der Waals surface area (Å²) >= 11 is 8.65. The lowest BCUT2D eigenvalue weighted by molar-refractivity contribution is -0.151. The first-order valence-corrected chi connectivity index (χ1v) is 8.58. The van der Waals surface area contributed by atoms with E-state index in [1.807, 2.05) is 0 Å². The Balaban J connectivity index is 2.64. The second-order valence-electron chi connectivity index (χ2n) is 5.74. The molecule has 0 aliphatic rings. The Labute approximate surface area is 161 Å². The molecule has 2 rings (SSSR count). The number of ether oxygens (including phenoxy) is 1. The summed E-state index contributed by atoms with van der Waals surface area (Å²) in [5.74, 6) is -1.12. The Kier molecular flexibility index (Phi) is 6.04. The number of halogens is 5. The van der Waals surface area contributed by atoms with Gasteiger partial charge >= 0.3 is 12.1 Å².